The van der Waals surface area contributed by atoms with Crippen molar-refractivity contribution in [1.29, 1.82) is 0 Å². The average molecular weight is 126 g/mol. The van der Waals surface area contributed by atoms with E-state index in [1.54, 1.807) is 10.9 Å². The first-order chi connectivity index (χ1) is 4.33. The molecule has 0 aliphatic heterocycles. The van der Waals surface area contributed by atoms with Crippen molar-refractivity contribution in [3.05, 3.63) is 12.4 Å². The van der Waals surface area contributed by atoms with E-state index in [1.165, 1.54) is 0 Å². The maximum absolute atomic E-state index is 5.14. The van der Waals surface area contributed by atoms with Crippen LogP contribution in [0.25, 0.3) is 0 Å². The summed E-state index contributed by atoms with van der Waals surface area (Å²) in [7, 11) is 1.86. The van der Waals surface area contributed by atoms with E-state index in [4.69, 9.17) is 4.74 Å². The molecule has 50 valence electrons. The number of rotatable bonds is 2. The SMILES string of the molecule is CCOc1cnn(C)c1. The summed E-state index contributed by atoms with van der Waals surface area (Å²) in [5.74, 6) is 0.833. The fourth-order valence-corrected chi connectivity index (χ4v) is 0.640. The number of hydrogen-bond acceptors (Lipinski definition) is 2. The Morgan fingerprint density at radius 1 is 1.78 bits per heavy atom. The van der Waals surface area contributed by atoms with E-state index in [1.807, 2.05) is 20.2 Å². The van der Waals surface area contributed by atoms with Gasteiger partial charge in [-0.2, -0.15) is 5.10 Å². The Hall–Kier alpha value is -0.990. The van der Waals surface area contributed by atoms with Crippen LogP contribution in [0.15, 0.2) is 12.4 Å². The third-order valence-electron chi connectivity index (χ3n) is 0.992. The number of nitrogens with zero attached hydrogens (tertiary/aromatic N) is 2. The van der Waals surface area contributed by atoms with Gasteiger partial charge in [-0.25, -0.2) is 0 Å². The highest BCUT2D eigenvalue weighted by Crippen LogP contribution is 2.05. The minimum Gasteiger partial charge on any atom is -0.491 e. The Labute approximate surface area is 54.2 Å². The first-order valence-electron chi connectivity index (χ1n) is 2.94. The van der Waals surface area contributed by atoms with Crippen LogP contribution in [-0.2, 0) is 7.05 Å². The Morgan fingerprint density at radius 2 is 2.56 bits per heavy atom. The molecule has 0 atom stereocenters. The van der Waals surface area contributed by atoms with Crippen LogP contribution in [0.4, 0.5) is 0 Å². The molecule has 0 saturated carbocycles. The van der Waals surface area contributed by atoms with Gasteiger partial charge in [0.05, 0.1) is 19.0 Å². The quantitative estimate of drug-likeness (QED) is 0.586. The standard InChI is InChI=1S/C6H10N2O/c1-3-9-6-4-7-8(2)5-6/h4-5H,3H2,1-2H3. The summed E-state index contributed by atoms with van der Waals surface area (Å²) in [4.78, 5) is 0. The lowest BCUT2D eigenvalue weighted by atomic mass is 10.6. The summed E-state index contributed by atoms with van der Waals surface area (Å²) in [6.45, 7) is 2.65. The first kappa shape index (κ1) is 6.13. The molecule has 3 nitrogen and oxygen atoms in total. The molecule has 0 amide bonds. The molecule has 1 heterocycles. The van der Waals surface area contributed by atoms with Crippen LogP contribution in [0.2, 0.25) is 0 Å². The summed E-state index contributed by atoms with van der Waals surface area (Å²) >= 11 is 0. The molecule has 0 unspecified atom stereocenters. The van der Waals surface area contributed by atoms with E-state index in [9.17, 15) is 0 Å². The van der Waals surface area contributed by atoms with Crippen LogP contribution in [0, 0.1) is 0 Å². The van der Waals surface area contributed by atoms with Gasteiger partial charge in [0, 0.05) is 7.05 Å². The van der Waals surface area contributed by atoms with Crippen molar-refractivity contribution in [3.63, 3.8) is 0 Å². The van der Waals surface area contributed by atoms with Crippen LogP contribution in [0.1, 0.15) is 6.92 Å². The van der Waals surface area contributed by atoms with E-state index >= 15 is 0 Å². The molecule has 0 saturated heterocycles. The van der Waals surface area contributed by atoms with Crippen LogP contribution in [0.3, 0.4) is 0 Å². The molecule has 0 aliphatic carbocycles. The largest absolute Gasteiger partial charge is 0.491 e. The van der Waals surface area contributed by atoms with Gasteiger partial charge in [0.2, 0.25) is 0 Å². The highest BCUT2D eigenvalue weighted by atomic mass is 16.5. The van der Waals surface area contributed by atoms with Crippen LogP contribution in [-0.4, -0.2) is 16.4 Å². The third kappa shape index (κ3) is 1.45. The summed E-state index contributed by atoms with van der Waals surface area (Å²) in [6, 6.07) is 0. The van der Waals surface area contributed by atoms with E-state index < -0.39 is 0 Å². The maximum atomic E-state index is 5.14. The lowest BCUT2D eigenvalue weighted by molar-refractivity contribution is 0.340. The van der Waals surface area contributed by atoms with E-state index in [0.29, 0.717) is 6.61 Å². The zero-order valence-corrected chi connectivity index (χ0v) is 5.66. The van der Waals surface area contributed by atoms with Crippen molar-refractivity contribution in [3.8, 4) is 5.75 Å². The molecule has 0 fully saturated rings. The number of aromatic nitrogens is 2. The van der Waals surface area contributed by atoms with E-state index in [0.717, 1.165) is 5.75 Å². The zero-order valence-electron chi connectivity index (χ0n) is 5.66. The van der Waals surface area contributed by atoms with Gasteiger partial charge in [-0.1, -0.05) is 0 Å². The van der Waals surface area contributed by atoms with Crippen molar-refractivity contribution in [2.75, 3.05) is 6.61 Å². The Balaban J connectivity index is 2.61. The lowest BCUT2D eigenvalue weighted by Gasteiger charge is -1.93. The maximum Gasteiger partial charge on any atom is 0.157 e. The van der Waals surface area contributed by atoms with Crippen molar-refractivity contribution >= 4 is 0 Å². The Kier molecular flexibility index (Phi) is 1.72. The van der Waals surface area contributed by atoms with Crippen molar-refractivity contribution in [2.45, 2.75) is 6.92 Å². The molecule has 3 heteroatoms. The topological polar surface area (TPSA) is 27.1 Å². The summed E-state index contributed by atoms with van der Waals surface area (Å²) in [6.07, 6.45) is 3.53. The number of aryl methyl sites for hydroxylation is 1. The lowest BCUT2D eigenvalue weighted by Crippen LogP contribution is -1.89. The van der Waals surface area contributed by atoms with Gasteiger partial charge in [-0.3, -0.25) is 4.68 Å². The van der Waals surface area contributed by atoms with Gasteiger partial charge in [-0.15, -0.1) is 0 Å². The molecular weight excluding hydrogens is 116 g/mol. The van der Waals surface area contributed by atoms with Crippen molar-refractivity contribution < 1.29 is 4.74 Å². The summed E-state index contributed by atoms with van der Waals surface area (Å²) < 4.78 is 6.86. The molecule has 0 aliphatic rings. The molecule has 0 radical (unpaired) electrons. The normalized spacial score (nSPS) is 9.56. The molecule has 1 aromatic rings. The Bertz CT molecular complexity index is 183. The molecule has 0 bridgehead atoms. The van der Waals surface area contributed by atoms with Crippen LogP contribution >= 0.6 is 0 Å². The summed E-state index contributed by atoms with van der Waals surface area (Å²) in [5.41, 5.74) is 0. The zero-order chi connectivity index (χ0) is 6.69. The third-order valence-corrected chi connectivity index (χ3v) is 0.992. The first-order valence-corrected chi connectivity index (χ1v) is 2.94. The van der Waals surface area contributed by atoms with Gasteiger partial charge >= 0.3 is 0 Å². The smallest absolute Gasteiger partial charge is 0.157 e. The second-order valence-electron chi connectivity index (χ2n) is 1.78. The molecule has 0 N–H and O–H groups in total. The monoisotopic (exact) mass is 126 g/mol. The fraction of sp³-hybridized carbons (Fsp3) is 0.500. The molecule has 1 aromatic heterocycles. The minimum absolute atomic E-state index is 0.700. The predicted octanol–water partition coefficient (Wildman–Crippen LogP) is 0.819. The minimum atomic E-state index is 0.700. The Morgan fingerprint density at radius 3 is 3.00 bits per heavy atom. The van der Waals surface area contributed by atoms with E-state index in [-0.39, 0.29) is 0 Å². The van der Waals surface area contributed by atoms with Gasteiger partial charge in [0.15, 0.2) is 5.75 Å². The molecular formula is C6H10N2O. The second-order valence-corrected chi connectivity index (χ2v) is 1.78. The van der Waals surface area contributed by atoms with Gasteiger partial charge in [0.25, 0.3) is 0 Å². The van der Waals surface area contributed by atoms with Crippen molar-refractivity contribution in [2.24, 2.45) is 7.05 Å². The number of hydrogen-bond donors (Lipinski definition) is 0. The van der Waals surface area contributed by atoms with Crippen LogP contribution in [0.5, 0.6) is 5.75 Å². The molecule has 0 aromatic carbocycles. The fourth-order valence-electron chi connectivity index (χ4n) is 0.640. The van der Waals surface area contributed by atoms with E-state index in [2.05, 4.69) is 5.10 Å². The summed E-state index contributed by atoms with van der Waals surface area (Å²) in [5, 5.41) is 3.93. The highest BCUT2D eigenvalue weighted by Gasteiger charge is 1.91. The second kappa shape index (κ2) is 2.53. The van der Waals surface area contributed by atoms with Crippen LogP contribution < -0.4 is 4.74 Å². The van der Waals surface area contributed by atoms with Gasteiger partial charge in [-0.05, 0) is 6.92 Å². The van der Waals surface area contributed by atoms with Gasteiger partial charge < -0.3 is 4.74 Å². The molecule has 9 heavy (non-hydrogen) atoms. The van der Waals surface area contributed by atoms with Gasteiger partial charge in [0.1, 0.15) is 0 Å². The number of ether oxygens (including phenoxy) is 1. The molecule has 0 spiro atoms. The average Bonchev–Trinajstić information content (AvgIpc) is 2.17. The highest BCUT2D eigenvalue weighted by molar-refractivity contribution is 5.10. The predicted molar refractivity (Wildman–Crippen MR) is 34.4 cm³/mol. The van der Waals surface area contributed by atoms with Crippen molar-refractivity contribution in [1.82, 2.24) is 9.78 Å². The molecule has 1 rings (SSSR count).